The molecule has 1 aromatic carbocycles. The first-order chi connectivity index (χ1) is 10.1. The van der Waals surface area contributed by atoms with Crippen molar-refractivity contribution in [2.45, 2.75) is 57.4 Å². The zero-order valence-electron chi connectivity index (χ0n) is 12.6. The van der Waals surface area contributed by atoms with Gasteiger partial charge in [-0.1, -0.05) is 38.5 Å². The summed E-state index contributed by atoms with van der Waals surface area (Å²) in [5.74, 6) is -0.226. The first kappa shape index (κ1) is 16.9. The van der Waals surface area contributed by atoms with E-state index >= 15 is 0 Å². The first-order valence-electron chi connectivity index (χ1n) is 7.91. The Kier molecular flexibility index (Phi) is 6.62. The van der Waals surface area contributed by atoms with Crippen LogP contribution in [0.2, 0.25) is 0 Å². The van der Waals surface area contributed by atoms with Gasteiger partial charge in [0.25, 0.3) is 0 Å². The van der Waals surface area contributed by atoms with Crippen molar-refractivity contribution >= 4 is 15.9 Å². The van der Waals surface area contributed by atoms with Crippen molar-refractivity contribution in [2.75, 3.05) is 7.05 Å². The van der Waals surface area contributed by atoms with E-state index in [0.717, 1.165) is 6.42 Å². The number of hydrogen-bond acceptors (Lipinski definition) is 1. The van der Waals surface area contributed by atoms with Crippen LogP contribution in [0.15, 0.2) is 16.6 Å². The van der Waals surface area contributed by atoms with Gasteiger partial charge in [-0.15, -0.1) is 0 Å². The van der Waals surface area contributed by atoms with E-state index in [9.17, 15) is 8.78 Å². The molecule has 1 aliphatic rings. The van der Waals surface area contributed by atoms with Gasteiger partial charge >= 0.3 is 0 Å². The topological polar surface area (TPSA) is 12.0 Å². The zero-order chi connectivity index (χ0) is 15.2. The van der Waals surface area contributed by atoms with Crippen LogP contribution in [-0.2, 0) is 6.42 Å². The molecule has 1 N–H and O–H groups in total. The Balaban J connectivity index is 2.03. The Morgan fingerprint density at radius 2 is 1.86 bits per heavy atom. The molecule has 21 heavy (non-hydrogen) atoms. The summed E-state index contributed by atoms with van der Waals surface area (Å²) in [5, 5.41) is 3.24. The van der Waals surface area contributed by atoms with Crippen molar-refractivity contribution in [3.05, 3.63) is 33.8 Å². The lowest BCUT2D eigenvalue weighted by Crippen LogP contribution is -2.31. The molecule has 0 radical (unpaired) electrons. The third-order valence-electron chi connectivity index (χ3n) is 4.59. The van der Waals surface area contributed by atoms with Gasteiger partial charge in [0.05, 0.1) is 4.47 Å². The van der Waals surface area contributed by atoms with Gasteiger partial charge in [-0.05, 0) is 53.9 Å². The highest BCUT2D eigenvalue weighted by atomic mass is 79.9. The van der Waals surface area contributed by atoms with E-state index in [-0.39, 0.29) is 11.6 Å². The Morgan fingerprint density at radius 1 is 1.19 bits per heavy atom. The molecule has 1 nitrogen and oxygen atoms in total. The number of benzene rings is 1. The fraction of sp³-hybridized carbons (Fsp3) is 0.647. The zero-order valence-corrected chi connectivity index (χ0v) is 14.2. The maximum absolute atomic E-state index is 14.1. The molecular formula is C17H24BrF2N. The lowest BCUT2D eigenvalue weighted by Gasteiger charge is -2.23. The molecule has 1 atom stereocenters. The molecule has 1 saturated carbocycles. The molecule has 2 rings (SSSR count). The summed E-state index contributed by atoms with van der Waals surface area (Å²) in [4.78, 5) is 0. The van der Waals surface area contributed by atoms with E-state index < -0.39 is 11.6 Å². The number of hydrogen-bond donors (Lipinski definition) is 1. The van der Waals surface area contributed by atoms with E-state index in [1.54, 1.807) is 0 Å². The van der Waals surface area contributed by atoms with Gasteiger partial charge in [0, 0.05) is 11.6 Å². The quantitative estimate of drug-likeness (QED) is 0.561. The van der Waals surface area contributed by atoms with E-state index in [1.807, 2.05) is 7.05 Å². The standard InChI is InChI=1S/C17H24BrF2N/c1-21-13(10-12-6-4-2-3-5-7-12)11-14-16(19)9-8-15(18)17(14)20/h8-9,12-13,21H,2-7,10-11H2,1H3. The van der Waals surface area contributed by atoms with Crippen LogP contribution >= 0.6 is 15.9 Å². The minimum atomic E-state index is -0.462. The minimum absolute atomic E-state index is 0.131. The minimum Gasteiger partial charge on any atom is -0.317 e. The highest BCUT2D eigenvalue weighted by molar-refractivity contribution is 9.10. The Bertz CT molecular complexity index is 456. The molecule has 118 valence electrons. The van der Waals surface area contributed by atoms with Gasteiger partial charge in [0.15, 0.2) is 0 Å². The van der Waals surface area contributed by atoms with E-state index in [0.29, 0.717) is 16.8 Å². The second kappa shape index (κ2) is 8.23. The van der Waals surface area contributed by atoms with Gasteiger partial charge in [-0.25, -0.2) is 8.78 Å². The predicted molar refractivity (Wildman–Crippen MR) is 86.4 cm³/mol. The van der Waals surface area contributed by atoms with Crippen LogP contribution in [0.25, 0.3) is 0 Å². The number of likely N-dealkylation sites (N-methyl/N-ethyl adjacent to an activating group) is 1. The average molecular weight is 360 g/mol. The van der Waals surface area contributed by atoms with Crippen molar-refractivity contribution in [1.82, 2.24) is 5.32 Å². The second-order valence-electron chi connectivity index (χ2n) is 6.10. The smallest absolute Gasteiger partial charge is 0.143 e. The van der Waals surface area contributed by atoms with Crippen LogP contribution in [0.1, 0.15) is 50.5 Å². The van der Waals surface area contributed by atoms with E-state index in [1.165, 1.54) is 50.7 Å². The number of halogens is 3. The second-order valence-corrected chi connectivity index (χ2v) is 6.96. The molecule has 1 aromatic rings. The largest absolute Gasteiger partial charge is 0.317 e. The highest BCUT2D eigenvalue weighted by Gasteiger charge is 2.21. The van der Waals surface area contributed by atoms with Crippen molar-refractivity contribution in [1.29, 1.82) is 0 Å². The molecule has 0 spiro atoms. The molecule has 0 bridgehead atoms. The van der Waals surface area contributed by atoms with Crippen molar-refractivity contribution in [2.24, 2.45) is 5.92 Å². The van der Waals surface area contributed by atoms with Crippen molar-refractivity contribution < 1.29 is 8.78 Å². The summed E-state index contributed by atoms with van der Waals surface area (Å²) in [6.07, 6.45) is 9.15. The van der Waals surface area contributed by atoms with Crippen molar-refractivity contribution in [3.63, 3.8) is 0 Å². The predicted octanol–water partition coefficient (Wildman–Crippen LogP) is 5.22. The fourth-order valence-electron chi connectivity index (χ4n) is 3.31. The van der Waals surface area contributed by atoms with Crippen LogP contribution in [0.5, 0.6) is 0 Å². The molecule has 0 saturated heterocycles. The van der Waals surface area contributed by atoms with Crippen LogP contribution in [0.4, 0.5) is 8.78 Å². The van der Waals surface area contributed by atoms with E-state index in [2.05, 4.69) is 21.2 Å². The molecule has 0 heterocycles. The maximum Gasteiger partial charge on any atom is 0.143 e. The molecular weight excluding hydrogens is 336 g/mol. The summed E-state index contributed by atoms with van der Waals surface area (Å²) in [6.45, 7) is 0. The summed E-state index contributed by atoms with van der Waals surface area (Å²) >= 11 is 3.14. The first-order valence-corrected chi connectivity index (χ1v) is 8.70. The monoisotopic (exact) mass is 359 g/mol. The summed E-state index contributed by atoms with van der Waals surface area (Å²) < 4.78 is 28.3. The summed E-state index contributed by atoms with van der Waals surface area (Å²) in [5.41, 5.74) is 0.192. The maximum atomic E-state index is 14.1. The SMILES string of the molecule is CNC(Cc1c(F)ccc(Br)c1F)CC1CCCCCC1. The van der Waals surface area contributed by atoms with Crippen LogP contribution in [0, 0.1) is 17.6 Å². The fourth-order valence-corrected chi connectivity index (χ4v) is 3.68. The normalized spacial score (nSPS) is 18.5. The van der Waals surface area contributed by atoms with Crippen LogP contribution < -0.4 is 5.32 Å². The average Bonchev–Trinajstić information content (AvgIpc) is 2.75. The van der Waals surface area contributed by atoms with Gasteiger partial charge in [-0.2, -0.15) is 0 Å². The third kappa shape index (κ3) is 4.75. The molecule has 0 aromatic heterocycles. The van der Waals surface area contributed by atoms with E-state index in [4.69, 9.17) is 0 Å². The Hall–Kier alpha value is -0.480. The van der Waals surface area contributed by atoms with Gasteiger partial charge < -0.3 is 5.32 Å². The van der Waals surface area contributed by atoms with Gasteiger partial charge in [0.1, 0.15) is 11.6 Å². The van der Waals surface area contributed by atoms with Crippen LogP contribution in [0.3, 0.4) is 0 Å². The molecule has 0 aliphatic heterocycles. The summed E-state index contributed by atoms with van der Waals surface area (Å²) in [7, 11) is 1.88. The third-order valence-corrected chi connectivity index (χ3v) is 5.20. The Morgan fingerprint density at radius 3 is 2.48 bits per heavy atom. The highest BCUT2D eigenvalue weighted by Crippen LogP contribution is 2.28. The number of nitrogens with one attached hydrogen (secondary N) is 1. The molecule has 1 unspecified atom stereocenters. The van der Waals surface area contributed by atoms with Crippen molar-refractivity contribution in [3.8, 4) is 0 Å². The lowest BCUT2D eigenvalue weighted by atomic mass is 9.90. The lowest BCUT2D eigenvalue weighted by molar-refractivity contribution is 0.356. The van der Waals surface area contributed by atoms with Gasteiger partial charge in [0.2, 0.25) is 0 Å². The van der Waals surface area contributed by atoms with Gasteiger partial charge in [-0.3, -0.25) is 0 Å². The summed E-state index contributed by atoms with van der Waals surface area (Å²) in [6, 6.07) is 2.89. The van der Waals surface area contributed by atoms with Crippen LogP contribution in [-0.4, -0.2) is 13.1 Å². The molecule has 1 fully saturated rings. The Labute approximate surface area is 134 Å². The molecule has 4 heteroatoms. The molecule has 1 aliphatic carbocycles. The number of rotatable bonds is 5. The molecule has 0 amide bonds.